The Morgan fingerprint density at radius 2 is 1.60 bits per heavy atom. The maximum Gasteiger partial charge on any atom is 0.258 e. The standard InChI is InChI=1S/C24H20Cl2N2O2/c1-15-6-7-16-4-2-3-5-22(16)28(15)24(30)17-8-10-21(11-9-17)27-23(29)18-12-19(25)14-20(26)13-18/h2-5,8-15H,6-7H2,1H3,(H,27,29). The van der Waals surface area contributed by atoms with Gasteiger partial charge in [-0.15, -0.1) is 0 Å². The van der Waals surface area contributed by atoms with Gasteiger partial charge in [-0.25, -0.2) is 0 Å². The fourth-order valence-corrected chi connectivity index (χ4v) is 4.25. The summed E-state index contributed by atoms with van der Waals surface area (Å²) in [5.74, 6) is -0.369. The normalized spacial score (nSPS) is 15.4. The number of nitrogens with zero attached hydrogens (tertiary/aromatic N) is 1. The predicted molar refractivity (Wildman–Crippen MR) is 122 cm³/mol. The summed E-state index contributed by atoms with van der Waals surface area (Å²) in [5.41, 5.74) is 3.68. The number of rotatable bonds is 3. The molecular weight excluding hydrogens is 419 g/mol. The molecule has 0 bridgehead atoms. The van der Waals surface area contributed by atoms with Crippen molar-refractivity contribution in [2.75, 3.05) is 10.2 Å². The third kappa shape index (κ3) is 4.20. The van der Waals surface area contributed by atoms with Gasteiger partial charge in [0.05, 0.1) is 0 Å². The van der Waals surface area contributed by atoms with Gasteiger partial charge >= 0.3 is 0 Å². The highest BCUT2D eigenvalue weighted by atomic mass is 35.5. The van der Waals surface area contributed by atoms with E-state index in [2.05, 4.69) is 18.3 Å². The van der Waals surface area contributed by atoms with Gasteiger partial charge in [0, 0.05) is 38.6 Å². The Kier molecular flexibility index (Phi) is 5.80. The van der Waals surface area contributed by atoms with Crippen molar-refractivity contribution in [1.29, 1.82) is 0 Å². The molecule has 3 aromatic carbocycles. The average Bonchev–Trinajstić information content (AvgIpc) is 2.73. The van der Waals surface area contributed by atoms with Crippen LogP contribution in [0.25, 0.3) is 0 Å². The molecule has 0 aromatic heterocycles. The van der Waals surface area contributed by atoms with Crippen LogP contribution in [0.5, 0.6) is 0 Å². The van der Waals surface area contributed by atoms with Gasteiger partial charge in [-0.2, -0.15) is 0 Å². The Balaban J connectivity index is 1.52. The van der Waals surface area contributed by atoms with Crippen molar-refractivity contribution < 1.29 is 9.59 Å². The summed E-state index contributed by atoms with van der Waals surface area (Å²) >= 11 is 11.9. The molecule has 1 unspecified atom stereocenters. The van der Waals surface area contributed by atoms with E-state index in [4.69, 9.17) is 23.2 Å². The van der Waals surface area contributed by atoms with Gasteiger partial charge in [0.25, 0.3) is 11.8 Å². The SMILES string of the molecule is CC1CCc2ccccc2N1C(=O)c1ccc(NC(=O)c2cc(Cl)cc(Cl)c2)cc1. The van der Waals surface area contributed by atoms with Crippen molar-refractivity contribution in [3.63, 3.8) is 0 Å². The Morgan fingerprint density at radius 3 is 2.30 bits per heavy atom. The second-order valence-electron chi connectivity index (χ2n) is 7.38. The fraction of sp³-hybridized carbons (Fsp3) is 0.167. The number of aryl methyl sites for hydroxylation is 1. The average molecular weight is 439 g/mol. The van der Waals surface area contributed by atoms with Crippen LogP contribution in [0, 0.1) is 0 Å². The maximum atomic E-state index is 13.2. The monoisotopic (exact) mass is 438 g/mol. The lowest BCUT2D eigenvalue weighted by atomic mass is 9.95. The van der Waals surface area contributed by atoms with Gasteiger partial charge < -0.3 is 10.2 Å². The second kappa shape index (κ2) is 8.50. The van der Waals surface area contributed by atoms with Crippen molar-refractivity contribution in [2.45, 2.75) is 25.8 Å². The molecule has 0 radical (unpaired) electrons. The smallest absolute Gasteiger partial charge is 0.258 e. The van der Waals surface area contributed by atoms with Gasteiger partial charge in [0.2, 0.25) is 0 Å². The molecule has 1 heterocycles. The molecule has 3 aromatic rings. The maximum absolute atomic E-state index is 13.2. The van der Waals surface area contributed by atoms with E-state index in [1.54, 1.807) is 42.5 Å². The molecule has 1 N–H and O–H groups in total. The minimum atomic E-state index is -0.322. The number of para-hydroxylation sites is 1. The molecule has 1 aliphatic rings. The summed E-state index contributed by atoms with van der Waals surface area (Å²) in [6.07, 6.45) is 1.90. The van der Waals surface area contributed by atoms with Gasteiger partial charge in [-0.1, -0.05) is 41.4 Å². The van der Waals surface area contributed by atoms with E-state index in [1.165, 1.54) is 5.56 Å². The first-order chi connectivity index (χ1) is 14.4. The van der Waals surface area contributed by atoms with Crippen LogP contribution in [0.4, 0.5) is 11.4 Å². The first-order valence-corrected chi connectivity index (χ1v) is 10.5. The molecule has 30 heavy (non-hydrogen) atoms. The van der Waals surface area contributed by atoms with Gasteiger partial charge in [-0.05, 0) is 73.9 Å². The van der Waals surface area contributed by atoms with E-state index < -0.39 is 0 Å². The summed E-state index contributed by atoms with van der Waals surface area (Å²) in [6.45, 7) is 2.07. The van der Waals surface area contributed by atoms with Crippen molar-refractivity contribution in [2.24, 2.45) is 0 Å². The van der Waals surface area contributed by atoms with E-state index in [-0.39, 0.29) is 17.9 Å². The van der Waals surface area contributed by atoms with E-state index in [0.717, 1.165) is 18.5 Å². The summed E-state index contributed by atoms with van der Waals surface area (Å²) in [6, 6.07) is 19.7. The summed E-state index contributed by atoms with van der Waals surface area (Å²) < 4.78 is 0. The van der Waals surface area contributed by atoms with Crippen LogP contribution in [0.15, 0.2) is 66.7 Å². The molecule has 152 valence electrons. The minimum Gasteiger partial charge on any atom is -0.322 e. The van der Waals surface area contributed by atoms with Crippen molar-refractivity contribution >= 4 is 46.4 Å². The number of amides is 2. The van der Waals surface area contributed by atoms with Crippen molar-refractivity contribution in [3.05, 3.63) is 93.5 Å². The number of carbonyl (C=O) groups excluding carboxylic acids is 2. The molecule has 4 nitrogen and oxygen atoms in total. The van der Waals surface area contributed by atoms with Crippen LogP contribution in [0.3, 0.4) is 0 Å². The van der Waals surface area contributed by atoms with Crippen LogP contribution < -0.4 is 10.2 Å². The van der Waals surface area contributed by atoms with Crippen LogP contribution >= 0.6 is 23.2 Å². The second-order valence-corrected chi connectivity index (χ2v) is 8.25. The summed E-state index contributed by atoms with van der Waals surface area (Å²) in [4.78, 5) is 27.5. The number of carbonyl (C=O) groups is 2. The van der Waals surface area contributed by atoms with E-state index in [0.29, 0.717) is 26.9 Å². The van der Waals surface area contributed by atoms with Crippen molar-refractivity contribution in [1.82, 2.24) is 0 Å². The minimum absolute atomic E-state index is 0.0471. The number of anilines is 2. The molecule has 0 aliphatic carbocycles. The number of nitrogens with one attached hydrogen (secondary N) is 1. The highest BCUT2D eigenvalue weighted by Crippen LogP contribution is 2.32. The number of fused-ring (bicyclic) bond motifs is 1. The molecule has 2 amide bonds. The van der Waals surface area contributed by atoms with Crippen LogP contribution in [-0.4, -0.2) is 17.9 Å². The molecular formula is C24H20Cl2N2O2. The molecule has 0 spiro atoms. The van der Waals surface area contributed by atoms with Crippen LogP contribution in [-0.2, 0) is 6.42 Å². The van der Waals surface area contributed by atoms with Crippen molar-refractivity contribution in [3.8, 4) is 0 Å². The molecule has 1 atom stereocenters. The Morgan fingerprint density at radius 1 is 0.933 bits per heavy atom. The summed E-state index contributed by atoms with van der Waals surface area (Å²) in [5, 5.41) is 3.59. The lowest BCUT2D eigenvalue weighted by molar-refractivity contribution is 0.0974. The van der Waals surface area contributed by atoms with E-state index >= 15 is 0 Å². The third-order valence-electron chi connectivity index (χ3n) is 5.26. The van der Waals surface area contributed by atoms with E-state index in [9.17, 15) is 9.59 Å². The lowest BCUT2D eigenvalue weighted by Gasteiger charge is -2.35. The van der Waals surface area contributed by atoms with Gasteiger partial charge in [0.15, 0.2) is 0 Å². The number of hydrogen-bond acceptors (Lipinski definition) is 2. The third-order valence-corrected chi connectivity index (χ3v) is 5.69. The number of hydrogen-bond donors (Lipinski definition) is 1. The topological polar surface area (TPSA) is 49.4 Å². The quantitative estimate of drug-likeness (QED) is 0.526. The highest BCUT2D eigenvalue weighted by Gasteiger charge is 2.28. The predicted octanol–water partition coefficient (Wildman–Crippen LogP) is 6.23. The molecule has 1 aliphatic heterocycles. The first-order valence-electron chi connectivity index (χ1n) is 9.71. The fourth-order valence-electron chi connectivity index (χ4n) is 3.72. The molecule has 0 saturated heterocycles. The molecule has 4 rings (SSSR count). The molecule has 0 saturated carbocycles. The zero-order valence-corrected chi connectivity index (χ0v) is 17.9. The van der Waals surface area contributed by atoms with E-state index in [1.807, 2.05) is 23.1 Å². The van der Waals surface area contributed by atoms with Crippen LogP contribution in [0.2, 0.25) is 10.0 Å². The molecule has 0 fully saturated rings. The summed E-state index contributed by atoms with van der Waals surface area (Å²) in [7, 11) is 0. The number of benzene rings is 3. The molecule has 6 heteroatoms. The Labute approximate surface area is 185 Å². The largest absolute Gasteiger partial charge is 0.322 e. The van der Waals surface area contributed by atoms with Gasteiger partial charge in [-0.3, -0.25) is 9.59 Å². The zero-order chi connectivity index (χ0) is 21.3. The van der Waals surface area contributed by atoms with Gasteiger partial charge in [0.1, 0.15) is 0 Å². The first kappa shape index (κ1) is 20.5. The van der Waals surface area contributed by atoms with Crippen LogP contribution in [0.1, 0.15) is 39.6 Å². The zero-order valence-electron chi connectivity index (χ0n) is 16.4. The Bertz CT molecular complexity index is 1090. The highest BCUT2D eigenvalue weighted by molar-refractivity contribution is 6.35. The number of halogens is 2. The Hall–Kier alpha value is -2.82. The lowest BCUT2D eigenvalue weighted by Crippen LogP contribution is -2.42.